The van der Waals surface area contributed by atoms with Crippen LogP contribution >= 0.6 is 0 Å². The van der Waals surface area contributed by atoms with Crippen LogP contribution in [0.5, 0.6) is 0 Å². The molecule has 0 amide bonds. The summed E-state index contributed by atoms with van der Waals surface area (Å²) < 4.78 is 10.0. The minimum Gasteiger partial charge on any atom is -0.305 e. The van der Waals surface area contributed by atoms with E-state index >= 15 is 0 Å². The van der Waals surface area contributed by atoms with Crippen LogP contribution in [0.1, 0.15) is 53.0 Å². The van der Waals surface area contributed by atoms with Crippen LogP contribution in [0.25, 0.3) is 130 Å². The molecule has 7 heteroatoms. The Bertz CT molecular complexity index is 4520. The maximum atomic E-state index is 6.45. The second-order valence-corrected chi connectivity index (χ2v) is 20.4. The van der Waals surface area contributed by atoms with E-state index in [-0.39, 0.29) is 0 Å². The molecule has 0 bridgehead atoms. The molecule has 3 aliphatic rings. The zero-order valence-electron chi connectivity index (χ0n) is 41.7. The quantitative estimate of drug-likeness (QED) is 0.160. The highest BCUT2D eigenvalue weighted by Crippen LogP contribution is 2.49. The van der Waals surface area contributed by atoms with Crippen LogP contribution < -0.4 is 0 Å². The summed E-state index contributed by atoms with van der Waals surface area (Å²) in [5.41, 5.74) is 19.4. The first kappa shape index (κ1) is 42.9. The van der Waals surface area contributed by atoms with Crippen molar-refractivity contribution < 1.29 is 0 Å². The van der Waals surface area contributed by atoms with Crippen LogP contribution in [0.3, 0.4) is 0 Å². The highest BCUT2D eigenvalue weighted by molar-refractivity contribution is 6.11. The van der Waals surface area contributed by atoms with Gasteiger partial charge < -0.3 is 9.13 Å². The van der Waals surface area contributed by atoms with Crippen molar-refractivity contribution in [1.29, 1.82) is 0 Å². The lowest BCUT2D eigenvalue weighted by atomic mass is 10.00. The lowest BCUT2D eigenvalue weighted by molar-refractivity contribution is 0.892. The standard InChI is InChI=1S/C69H49N7/c1-3-23-44(24-4-1)54-43-55(71-67(70-54)45-25-5-2-6-26-45)64-65(73-56-35-15-7-27-46(56)47-28-8-16-36-57(47)73)68(75-60-39-19-11-31-50(60)51-32-12-20-40-61(51)75)72-69(76-62-41-21-13-33-52(62)53-34-14-22-42-63(53)76)66(64)74-58-37-17-9-29-48(58)49-30-10-18-38-59(49)74/h1-9,11,13,15-29,31,33,35-43H,10,12,14,30,32,34H2. The molecule has 76 heavy (non-hydrogen) atoms. The van der Waals surface area contributed by atoms with Crippen molar-refractivity contribution in [2.45, 2.75) is 38.5 Å². The Morgan fingerprint density at radius 1 is 0.316 bits per heavy atom. The molecule has 7 aromatic carbocycles. The van der Waals surface area contributed by atoms with Crippen molar-refractivity contribution in [3.05, 3.63) is 240 Å². The number of para-hydroxylation sites is 5. The Kier molecular flexibility index (Phi) is 9.58. The number of nitrogens with zero attached hydrogens (tertiary/aromatic N) is 7. The average Bonchev–Trinajstić information content (AvgIpc) is 4.39. The molecule has 16 rings (SSSR count). The summed E-state index contributed by atoms with van der Waals surface area (Å²) >= 11 is 0. The van der Waals surface area contributed by atoms with Gasteiger partial charge in [0, 0.05) is 43.8 Å². The predicted molar refractivity (Wildman–Crippen MR) is 313 cm³/mol. The summed E-state index contributed by atoms with van der Waals surface area (Å²) in [6.07, 6.45) is 19.8. The highest BCUT2D eigenvalue weighted by atomic mass is 15.2. The Morgan fingerprint density at radius 3 is 1.17 bits per heavy atom. The number of aromatic nitrogens is 7. The zero-order chi connectivity index (χ0) is 49.8. The second-order valence-electron chi connectivity index (χ2n) is 20.4. The van der Waals surface area contributed by atoms with Gasteiger partial charge in [-0.15, -0.1) is 0 Å². The van der Waals surface area contributed by atoms with Gasteiger partial charge in [0.15, 0.2) is 17.5 Å². The molecule has 13 aromatic rings. The third kappa shape index (κ3) is 6.32. The molecule has 0 aliphatic heterocycles. The average molecular weight is 976 g/mol. The highest BCUT2D eigenvalue weighted by Gasteiger charge is 2.35. The van der Waals surface area contributed by atoms with Crippen LogP contribution in [0.4, 0.5) is 0 Å². The molecular weight excluding hydrogens is 927 g/mol. The molecule has 3 aliphatic carbocycles. The Labute approximate surface area is 439 Å². The predicted octanol–water partition coefficient (Wildman–Crippen LogP) is 16.7. The normalized spacial score (nSPS) is 13.8. The largest absolute Gasteiger partial charge is 0.305 e. The minimum absolute atomic E-state index is 0.647. The second kappa shape index (κ2) is 17.0. The van der Waals surface area contributed by atoms with E-state index in [2.05, 4.69) is 243 Å². The van der Waals surface area contributed by atoms with Gasteiger partial charge in [-0.3, -0.25) is 9.13 Å². The SMILES string of the molecule is C1=Cc2c(c3ccccc3n2-c2nc(-n3c4c(c5ccccc53)CCC=C4)c(-n3c4ccccc4c4ccccc43)c(-c3cc(-c4ccccc4)nc(-c4ccccc4)n3)c2-n2c3c(c4ccccc42)CCC=C3)CC1. The first-order valence-electron chi connectivity index (χ1n) is 26.7. The van der Waals surface area contributed by atoms with Gasteiger partial charge >= 0.3 is 0 Å². The summed E-state index contributed by atoms with van der Waals surface area (Å²) in [5, 5.41) is 6.06. The van der Waals surface area contributed by atoms with E-state index in [1.807, 2.05) is 0 Å². The summed E-state index contributed by atoms with van der Waals surface area (Å²) in [4.78, 5) is 17.8. The Balaban J connectivity index is 1.22. The number of aryl methyl sites for hydroxylation is 3. The van der Waals surface area contributed by atoms with Gasteiger partial charge in [-0.05, 0) is 110 Å². The molecule has 0 spiro atoms. The van der Waals surface area contributed by atoms with E-state index in [1.54, 1.807) is 0 Å². The first-order valence-corrected chi connectivity index (χ1v) is 26.7. The summed E-state index contributed by atoms with van der Waals surface area (Å²) in [6.45, 7) is 0. The van der Waals surface area contributed by atoms with Gasteiger partial charge in [0.1, 0.15) is 11.4 Å². The number of rotatable bonds is 7. The van der Waals surface area contributed by atoms with Gasteiger partial charge in [0.25, 0.3) is 0 Å². The van der Waals surface area contributed by atoms with Gasteiger partial charge in [-0.2, -0.15) is 0 Å². The molecule has 0 saturated heterocycles. The van der Waals surface area contributed by atoms with Crippen molar-refractivity contribution in [2.24, 2.45) is 0 Å². The molecule has 0 saturated carbocycles. The van der Waals surface area contributed by atoms with E-state index in [0.29, 0.717) is 5.82 Å². The maximum absolute atomic E-state index is 6.45. The molecule has 0 atom stereocenters. The number of fused-ring (bicyclic) bond motifs is 12. The minimum atomic E-state index is 0.647. The van der Waals surface area contributed by atoms with Crippen LogP contribution in [0.15, 0.2) is 206 Å². The van der Waals surface area contributed by atoms with Gasteiger partial charge in [-0.25, -0.2) is 15.0 Å². The first-order chi connectivity index (χ1) is 37.8. The van der Waals surface area contributed by atoms with Crippen molar-refractivity contribution in [2.75, 3.05) is 0 Å². The van der Waals surface area contributed by atoms with E-state index in [4.69, 9.17) is 15.0 Å². The fraction of sp³-hybridized carbons (Fsp3) is 0.0870. The molecule has 0 fully saturated rings. The summed E-state index contributed by atoms with van der Waals surface area (Å²) in [7, 11) is 0. The van der Waals surface area contributed by atoms with Crippen molar-refractivity contribution in [3.63, 3.8) is 0 Å². The van der Waals surface area contributed by atoms with Crippen molar-refractivity contribution >= 4 is 72.7 Å². The lowest BCUT2D eigenvalue weighted by Gasteiger charge is -2.28. The molecule has 7 nitrogen and oxygen atoms in total. The van der Waals surface area contributed by atoms with Gasteiger partial charge in [-0.1, -0.05) is 170 Å². The number of pyridine rings is 1. The number of hydrogen-bond donors (Lipinski definition) is 0. The molecular formula is C69H49N7. The third-order valence-corrected chi connectivity index (χ3v) is 16.2. The van der Waals surface area contributed by atoms with Crippen LogP contribution in [0, 0.1) is 0 Å². The number of allylic oxidation sites excluding steroid dienone is 3. The number of hydrogen-bond acceptors (Lipinski definition) is 3. The van der Waals surface area contributed by atoms with Crippen molar-refractivity contribution in [3.8, 4) is 56.9 Å². The molecule has 6 heterocycles. The third-order valence-electron chi connectivity index (χ3n) is 16.2. The van der Waals surface area contributed by atoms with E-state index in [0.717, 1.165) is 134 Å². The molecule has 6 aromatic heterocycles. The van der Waals surface area contributed by atoms with E-state index < -0.39 is 0 Å². The topological polar surface area (TPSA) is 58.4 Å². The zero-order valence-corrected chi connectivity index (χ0v) is 41.7. The number of benzene rings is 7. The molecule has 0 N–H and O–H groups in total. The molecule has 0 radical (unpaired) electrons. The van der Waals surface area contributed by atoms with Crippen LogP contribution in [-0.4, -0.2) is 33.2 Å². The Morgan fingerprint density at radius 2 is 0.684 bits per heavy atom. The summed E-state index contributed by atoms with van der Waals surface area (Å²) in [5.74, 6) is 2.29. The fourth-order valence-electron chi connectivity index (χ4n) is 13.0. The molecule has 360 valence electrons. The maximum Gasteiger partial charge on any atom is 0.165 e. The van der Waals surface area contributed by atoms with E-state index in [1.165, 1.54) is 43.6 Å². The van der Waals surface area contributed by atoms with Crippen LogP contribution in [-0.2, 0) is 19.3 Å². The van der Waals surface area contributed by atoms with E-state index in [9.17, 15) is 0 Å². The monoisotopic (exact) mass is 975 g/mol. The van der Waals surface area contributed by atoms with Gasteiger partial charge in [0.05, 0.1) is 55.9 Å². The molecule has 0 unspecified atom stereocenters. The van der Waals surface area contributed by atoms with Crippen LogP contribution in [0.2, 0.25) is 0 Å². The fourth-order valence-corrected chi connectivity index (χ4v) is 13.0. The smallest absolute Gasteiger partial charge is 0.165 e. The van der Waals surface area contributed by atoms with Gasteiger partial charge in [0.2, 0.25) is 0 Å². The Hall–Kier alpha value is -9.59. The van der Waals surface area contributed by atoms with Crippen molar-refractivity contribution in [1.82, 2.24) is 33.2 Å². The lowest BCUT2D eigenvalue weighted by Crippen LogP contribution is -2.18. The summed E-state index contributed by atoms with van der Waals surface area (Å²) in [6, 6.07) is 68.0.